The van der Waals surface area contributed by atoms with Crippen molar-refractivity contribution in [3.05, 3.63) is 48.6 Å². The Hall–Kier alpha value is -0.230. The van der Waals surface area contributed by atoms with Crippen LogP contribution < -0.4 is 5.32 Å². The summed E-state index contributed by atoms with van der Waals surface area (Å²) in [6.45, 7) is 2.05. The predicted octanol–water partition coefficient (Wildman–Crippen LogP) is 5.70. The van der Waals surface area contributed by atoms with Gasteiger partial charge < -0.3 is 5.32 Å². The Morgan fingerprint density at radius 3 is 2.50 bits per heavy atom. The monoisotopic (exact) mass is 412 g/mol. The maximum Gasteiger partial charge on any atom is 0.151 e. The van der Waals surface area contributed by atoms with Crippen molar-refractivity contribution in [1.82, 2.24) is 4.98 Å². The number of benzene rings is 1. The van der Waals surface area contributed by atoms with Gasteiger partial charge in [0.2, 0.25) is 0 Å². The van der Waals surface area contributed by atoms with Crippen molar-refractivity contribution in [1.29, 1.82) is 0 Å². The van der Waals surface area contributed by atoms with Crippen LogP contribution in [0.2, 0.25) is 15.2 Å². The molecule has 6 heteroatoms. The topological polar surface area (TPSA) is 24.9 Å². The summed E-state index contributed by atoms with van der Waals surface area (Å²) in [6, 6.07) is 7.56. The molecule has 0 amide bonds. The SMILES string of the molecule is Cc1ccc(Nc2nc(Cl)c(Cl)cc2Cl)cc1I. The summed E-state index contributed by atoms with van der Waals surface area (Å²) < 4.78 is 1.16. The molecule has 0 saturated carbocycles. The fraction of sp³-hybridized carbons (Fsp3) is 0.0833. The lowest BCUT2D eigenvalue weighted by atomic mass is 10.2. The number of nitrogens with zero attached hydrogens (tertiary/aromatic N) is 1. The second-order valence-electron chi connectivity index (χ2n) is 3.68. The molecule has 1 aromatic heterocycles. The molecule has 2 aromatic rings. The Bertz CT molecular complexity index is 602. The van der Waals surface area contributed by atoms with Crippen molar-refractivity contribution in [2.45, 2.75) is 6.92 Å². The lowest BCUT2D eigenvalue weighted by molar-refractivity contribution is 1.30. The molecule has 0 atom stereocenters. The Labute approximate surface area is 134 Å². The second kappa shape index (κ2) is 5.82. The average molecular weight is 413 g/mol. The van der Waals surface area contributed by atoms with E-state index in [1.165, 1.54) is 5.56 Å². The zero-order valence-corrected chi connectivity index (χ0v) is 13.7. The largest absolute Gasteiger partial charge is 0.339 e. The van der Waals surface area contributed by atoms with Gasteiger partial charge in [-0.05, 0) is 53.3 Å². The highest BCUT2D eigenvalue weighted by Crippen LogP contribution is 2.31. The van der Waals surface area contributed by atoms with E-state index in [0.29, 0.717) is 15.9 Å². The molecule has 0 saturated heterocycles. The van der Waals surface area contributed by atoms with Gasteiger partial charge in [0, 0.05) is 9.26 Å². The molecule has 1 heterocycles. The second-order valence-corrected chi connectivity index (χ2v) is 6.02. The van der Waals surface area contributed by atoms with E-state index < -0.39 is 0 Å². The third-order valence-corrected chi connectivity index (χ3v) is 4.44. The van der Waals surface area contributed by atoms with E-state index in [-0.39, 0.29) is 5.15 Å². The van der Waals surface area contributed by atoms with Crippen molar-refractivity contribution in [3.8, 4) is 0 Å². The van der Waals surface area contributed by atoms with E-state index >= 15 is 0 Å². The van der Waals surface area contributed by atoms with Gasteiger partial charge in [-0.3, -0.25) is 0 Å². The molecule has 1 aromatic carbocycles. The summed E-state index contributed by atoms with van der Waals surface area (Å²) in [4.78, 5) is 4.11. The Kier molecular flexibility index (Phi) is 4.59. The zero-order chi connectivity index (χ0) is 13.3. The van der Waals surface area contributed by atoms with Crippen LogP contribution in [0, 0.1) is 10.5 Å². The summed E-state index contributed by atoms with van der Waals surface area (Å²) in [5, 5.41) is 4.11. The van der Waals surface area contributed by atoms with Gasteiger partial charge in [0.25, 0.3) is 0 Å². The third-order valence-electron chi connectivity index (χ3n) is 2.32. The molecule has 0 fully saturated rings. The fourth-order valence-electron chi connectivity index (χ4n) is 1.34. The predicted molar refractivity (Wildman–Crippen MR) is 86.4 cm³/mol. The van der Waals surface area contributed by atoms with Crippen LogP contribution in [0.5, 0.6) is 0 Å². The average Bonchev–Trinajstić information content (AvgIpc) is 2.31. The minimum absolute atomic E-state index is 0.227. The van der Waals surface area contributed by atoms with Gasteiger partial charge in [-0.1, -0.05) is 40.9 Å². The number of aryl methyl sites for hydroxylation is 1. The molecule has 0 spiro atoms. The number of nitrogens with one attached hydrogen (secondary N) is 1. The van der Waals surface area contributed by atoms with E-state index in [2.05, 4.69) is 39.8 Å². The van der Waals surface area contributed by atoms with Gasteiger partial charge in [-0.2, -0.15) is 0 Å². The summed E-state index contributed by atoms with van der Waals surface area (Å²) in [6.07, 6.45) is 0. The number of halogens is 4. The number of pyridine rings is 1. The number of hydrogen-bond acceptors (Lipinski definition) is 2. The Morgan fingerprint density at radius 2 is 1.83 bits per heavy atom. The van der Waals surface area contributed by atoms with E-state index in [0.717, 1.165) is 9.26 Å². The lowest BCUT2D eigenvalue weighted by Crippen LogP contribution is -1.96. The van der Waals surface area contributed by atoms with Crippen molar-refractivity contribution >= 4 is 68.9 Å². The summed E-state index contributed by atoms with van der Waals surface area (Å²) in [5.74, 6) is 0.491. The quantitative estimate of drug-likeness (QED) is 0.505. The van der Waals surface area contributed by atoms with Crippen molar-refractivity contribution in [3.63, 3.8) is 0 Å². The van der Waals surface area contributed by atoms with E-state index in [4.69, 9.17) is 34.8 Å². The van der Waals surface area contributed by atoms with Crippen LogP contribution in [0.1, 0.15) is 5.56 Å². The van der Waals surface area contributed by atoms with E-state index in [1.807, 2.05) is 18.2 Å². The van der Waals surface area contributed by atoms with Gasteiger partial charge in [0.05, 0.1) is 10.0 Å². The van der Waals surface area contributed by atoms with Gasteiger partial charge >= 0.3 is 0 Å². The minimum Gasteiger partial charge on any atom is -0.339 e. The lowest BCUT2D eigenvalue weighted by Gasteiger charge is -2.09. The molecule has 0 aliphatic heterocycles. The van der Waals surface area contributed by atoms with Gasteiger partial charge in [0.15, 0.2) is 5.82 Å². The normalized spacial score (nSPS) is 10.5. The fourth-order valence-corrected chi connectivity index (χ4v) is 2.40. The van der Waals surface area contributed by atoms with Crippen molar-refractivity contribution < 1.29 is 0 Å². The van der Waals surface area contributed by atoms with Crippen LogP contribution in [0.3, 0.4) is 0 Å². The van der Waals surface area contributed by atoms with Crippen LogP contribution >= 0.6 is 57.4 Å². The standard InChI is InChI=1S/C12H8Cl3IN2/c1-6-2-3-7(4-10(6)16)17-12-9(14)5-8(13)11(15)18-12/h2-5H,1H3,(H,17,18). The molecular formula is C12H8Cl3IN2. The maximum atomic E-state index is 6.05. The molecule has 0 bridgehead atoms. The Balaban J connectivity index is 2.34. The number of hydrogen-bond donors (Lipinski definition) is 1. The Morgan fingerprint density at radius 1 is 1.11 bits per heavy atom. The highest BCUT2D eigenvalue weighted by molar-refractivity contribution is 14.1. The highest BCUT2D eigenvalue weighted by atomic mass is 127. The smallest absolute Gasteiger partial charge is 0.151 e. The molecule has 0 unspecified atom stereocenters. The number of aromatic nitrogens is 1. The van der Waals surface area contributed by atoms with E-state index in [1.54, 1.807) is 6.07 Å². The van der Waals surface area contributed by atoms with Gasteiger partial charge in [0.1, 0.15) is 5.15 Å². The van der Waals surface area contributed by atoms with Crippen LogP contribution in [-0.4, -0.2) is 4.98 Å². The summed E-state index contributed by atoms with van der Waals surface area (Å²) >= 11 is 20.0. The van der Waals surface area contributed by atoms with Crippen molar-refractivity contribution in [2.24, 2.45) is 0 Å². The molecule has 1 N–H and O–H groups in total. The van der Waals surface area contributed by atoms with Crippen LogP contribution in [0.15, 0.2) is 24.3 Å². The van der Waals surface area contributed by atoms with Gasteiger partial charge in [-0.25, -0.2) is 4.98 Å². The molecule has 2 nitrogen and oxygen atoms in total. The van der Waals surface area contributed by atoms with E-state index in [9.17, 15) is 0 Å². The van der Waals surface area contributed by atoms with Crippen LogP contribution in [0.25, 0.3) is 0 Å². The van der Waals surface area contributed by atoms with Crippen LogP contribution in [-0.2, 0) is 0 Å². The molecule has 94 valence electrons. The minimum atomic E-state index is 0.227. The zero-order valence-electron chi connectivity index (χ0n) is 9.27. The highest BCUT2D eigenvalue weighted by Gasteiger charge is 2.08. The molecular weight excluding hydrogens is 405 g/mol. The molecule has 0 radical (unpaired) electrons. The molecule has 18 heavy (non-hydrogen) atoms. The first-order valence-electron chi connectivity index (χ1n) is 5.02. The van der Waals surface area contributed by atoms with Crippen molar-refractivity contribution in [2.75, 3.05) is 5.32 Å². The molecule has 0 aliphatic carbocycles. The molecule has 0 aliphatic rings. The number of rotatable bonds is 2. The first-order chi connectivity index (χ1) is 8.47. The first-order valence-corrected chi connectivity index (χ1v) is 7.23. The first kappa shape index (κ1) is 14.2. The number of anilines is 2. The summed E-state index contributed by atoms with van der Waals surface area (Å²) in [7, 11) is 0. The summed E-state index contributed by atoms with van der Waals surface area (Å²) in [5.41, 5.74) is 2.12. The maximum absolute atomic E-state index is 6.05. The molecule has 2 rings (SSSR count). The van der Waals surface area contributed by atoms with Gasteiger partial charge in [-0.15, -0.1) is 0 Å². The van der Waals surface area contributed by atoms with Crippen LogP contribution in [0.4, 0.5) is 11.5 Å². The third kappa shape index (κ3) is 3.20.